The topological polar surface area (TPSA) is 120 Å². The predicted molar refractivity (Wildman–Crippen MR) is 130 cm³/mol. The number of amides is 1. The Bertz CT molecular complexity index is 1590. The molecule has 0 saturated heterocycles. The van der Waals surface area contributed by atoms with Gasteiger partial charge in [0.15, 0.2) is 5.82 Å². The second-order valence-electron chi connectivity index (χ2n) is 8.04. The van der Waals surface area contributed by atoms with Crippen LogP contribution in [0.1, 0.15) is 41.5 Å². The van der Waals surface area contributed by atoms with Crippen molar-refractivity contribution in [2.45, 2.75) is 26.3 Å². The van der Waals surface area contributed by atoms with E-state index in [2.05, 4.69) is 20.6 Å². The molecular formula is C25H23N7O2. The lowest BCUT2D eigenvalue weighted by atomic mass is 10.0. The van der Waals surface area contributed by atoms with E-state index in [1.807, 2.05) is 68.4 Å². The van der Waals surface area contributed by atoms with E-state index in [1.54, 1.807) is 4.57 Å². The summed E-state index contributed by atoms with van der Waals surface area (Å²) in [5.41, 5.74) is 8.91. The fraction of sp³-hybridized carbons (Fsp3) is 0.160. The number of pyridine rings is 1. The van der Waals surface area contributed by atoms with E-state index in [4.69, 9.17) is 5.73 Å². The summed E-state index contributed by atoms with van der Waals surface area (Å²) in [6.07, 6.45) is 3.56. The first kappa shape index (κ1) is 21.3. The molecule has 3 heterocycles. The highest BCUT2D eigenvalue weighted by molar-refractivity contribution is 6.05. The molecular weight excluding hydrogens is 430 g/mol. The average molecular weight is 454 g/mol. The second kappa shape index (κ2) is 8.43. The fourth-order valence-electron chi connectivity index (χ4n) is 4.33. The van der Waals surface area contributed by atoms with Crippen LogP contribution in [-0.4, -0.2) is 30.3 Å². The molecule has 9 nitrogen and oxygen atoms in total. The molecule has 0 fully saturated rings. The third kappa shape index (κ3) is 3.47. The van der Waals surface area contributed by atoms with Crippen molar-refractivity contribution in [2.24, 2.45) is 0 Å². The van der Waals surface area contributed by atoms with Crippen LogP contribution < -0.4 is 16.6 Å². The van der Waals surface area contributed by atoms with Crippen molar-refractivity contribution in [1.82, 2.24) is 29.7 Å². The minimum Gasteiger partial charge on any atom is -0.382 e. The lowest BCUT2D eigenvalue weighted by Crippen LogP contribution is -2.32. The smallest absolute Gasteiger partial charge is 0.263 e. The van der Waals surface area contributed by atoms with Crippen LogP contribution in [0.15, 0.2) is 71.9 Å². The number of nitrogen functional groups attached to an aromatic ring is 1. The summed E-state index contributed by atoms with van der Waals surface area (Å²) in [5.74, 6) is -0.339. The molecule has 5 rings (SSSR count). The van der Waals surface area contributed by atoms with Crippen molar-refractivity contribution >= 4 is 28.0 Å². The Kier molecular flexibility index (Phi) is 5.29. The van der Waals surface area contributed by atoms with Crippen LogP contribution in [0.2, 0.25) is 0 Å². The first-order valence-electron chi connectivity index (χ1n) is 11.0. The van der Waals surface area contributed by atoms with Gasteiger partial charge in [0.1, 0.15) is 17.4 Å². The molecule has 2 aromatic carbocycles. The number of aryl methyl sites for hydroxylation is 1. The number of hydrogen-bond acceptors (Lipinski definition) is 6. The van der Waals surface area contributed by atoms with E-state index < -0.39 is 11.9 Å². The Morgan fingerprint density at radius 1 is 1.12 bits per heavy atom. The first-order chi connectivity index (χ1) is 16.5. The van der Waals surface area contributed by atoms with Gasteiger partial charge in [-0.1, -0.05) is 43.3 Å². The van der Waals surface area contributed by atoms with Crippen LogP contribution in [0.3, 0.4) is 0 Å². The van der Waals surface area contributed by atoms with E-state index in [0.29, 0.717) is 16.6 Å². The molecule has 0 aliphatic rings. The van der Waals surface area contributed by atoms with Gasteiger partial charge in [-0.2, -0.15) is 5.10 Å². The maximum absolute atomic E-state index is 13.8. The summed E-state index contributed by atoms with van der Waals surface area (Å²) in [5, 5.41) is 16.2. The molecule has 0 unspecified atom stereocenters. The predicted octanol–water partition coefficient (Wildman–Crippen LogP) is 3.06. The lowest BCUT2D eigenvalue weighted by Gasteiger charge is -2.21. The van der Waals surface area contributed by atoms with E-state index in [9.17, 15) is 9.59 Å². The number of anilines is 1. The van der Waals surface area contributed by atoms with E-state index >= 15 is 0 Å². The van der Waals surface area contributed by atoms with Crippen LogP contribution in [0, 0.1) is 0 Å². The number of fused-ring (bicyclic) bond motifs is 2. The van der Waals surface area contributed by atoms with E-state index in [-0.39, 0.29) is 16.9 Å². The van der Waals surface area contributed by atoms with E-state index in [1.165, 1.54) is 17.0 Å². The van der Waals surface area contributed by atoms with Gasteiger partial charge >= 0.3 is 0 Å². The first-order valence-corrected chi connectivity index (χ1v) is 11.0. The van der Waals surface area contributed by atoms with Gasteiger partial charge in [-0.25, -0.2) is 4.52 Å². The van der Waals surface area contributed by atoms with Crippen molar-refractivity contribution in [3.8, 4) is 5.69 Å². The van der Waals surface area contributed by atoms with Gasteiger partial charge in [-0.15, -0.1) is 10.2 Å². The van der Waals surface area contributed by atoms with Crippen LogP contribution in [0.25, 0.3) is 22.0 Å². The average Bonchev–Trinajstić information content (AvgIpc) is 3.19. The molecule has 0 saturated carbocycles. The minimum absolute atomic E-state index is 0.0750. The number of nitrogens with zero attached hydrogens (tertiary/aromatic N) is 5. The molecule has 170 valence electrons. The molecule has 1 amide bonds. The van der Waals surface area contributed by atoms with Gasteiger partial charge in [0.05, 0.1) is 17.6 Å². The van der Waals surface area contributed by atoms with Gasteiger partial charge in [-0.3, -0.25) is 14.2 Å². The van der Waals surface area contributed by atoms with Crippen LogP contribution >= 0.6 is 0 Å². The van der Waals surface area contributed by atoms with Crippen molar-refractivity contribution in [2.75, 3.05) is 5.73 Å². The van der Waals surface area contributed by atoms with Gasteiger partial charge in [0.25, 0.3) is 11.5 Å². The van der Waals surface area contributed by atoms with Crippen LogP contribution in [-0.2, 0) is 6.42 Å². The Balaban J connectivity index is 1.64. The number of nitrogens with two attached hydrogens (primary N) is 1. The third-order valence-corrected chi connectivity index (χ3v) is 5.96. The second-order valence-corrected chi connectivity index (χ2v) is 8.04. The standard InChI is InChI=1S/C25H23N7O2/c1-3-16-8-7-9-17-12-19(32(25(34)21(16)17)18-10-5-4-6-11-18)15(2)29-24(33)22-20-13-27-28-14-31(20)30-23(22)26/h4-15H,3H2,1-2H3,(H2,26,30)(H,29,33)/t15-/m0/s1. The molecule has 3 aromatic heterocycles. The largest absolute Gasteiger partial charge is 0.382 e. The van der Waals surface area contributed by atoms with Gasteiger partial charge in [0.2, 0.25) is 0 Å². The molecule has 3 N–H and O–H groups in total. The summed E-state index contributed by atoms with van der Waals surface area (Å²) in [7, 11) is 0. The summed E-state index contributed by atoms with van der Waals surface area (Å²) in [6, 6.07) is 16.7. The zero-order valence-corrected chi connectivity index (χ0v) is 18.8. The van der Waals surface area contributed by atoms with Gasteiger partial charge in [0, 0.05) is 11.4 Å². The van der Waals surface area contributed by atoms with Gasteiger partial charge in [-0.05, 0) is 42.5 Å². The highest BCUT2D eigenvalue weighted by Crippen LogP contribution is 2.25. The summed E-state index contributed by atoms with van der Waals surface area (Å²) in [6.45, 7) is 3.87. The maximum Gasteiger partial charge on any atom is 0.263 e. The van der Waals surface area contributed by atoms with Crippen molar-refractivity contribution in [3.63, 3.8) is 0 Å². The van der Waals surface area contributed by atoms with Gasteiger partial charge < -0.3 is 11.1 Å². The number of rotatable bonds is 5. The Labute approximate surface area is 194 Å². The maximum atomic E-state index is 13.8. The quantitative estimate of drug-likeness (QED) is 0.422. The Hall–Kier alpha value is -4.53. The molecule has 5 aromatic rings. The molecule has 1 atom stereocenters. The molecule has 0 aliphatic heterocycles. The summed E-state index contributed by atoms with van der Waals surface area (Å²) >= 11 is 0. The zero-order valence-electron chi connectivity index (χ0n) is 18.8. The summed E-state index contributed by atoms with van der Waals surface area (Å²) < 4.78 is 3.07. The number of para-hydroxylation sites is 1. The molecule has 0 bridgehead atoms. The van der Waals surface area contributed by atoms with Crippen LogP contribution in [0.4, 0.5) is 5.82 Å². The number of carbonyl (C=O) groups excluding carboxylic acids is 1. The third-order valence-electron chi connectivity index (χ3n) is 5.96. The van der Waals surface area contributed by atoms with Crippen molar-refractivity contribution < 1.29 is 4.79 Å². The van der Waals surface area contributed by atoms with Crippen LogP contribution in [0.5, 0.6) is 0 Å². The van der Waals surface area contributed by atoms with Crippen molar-refractivity contribution in [1.29, 1.82) is 0 Å². The number of carbonyl (C=O) groups is 1. The lowest BCUT2D eigenvalue weighted by molar-refractivity contribution is 0.0941. The van der Waals surface area contributed by atoms with Crippen molar-refractivity contribution in [3.05, 3.63) is 94.3 Å². The van der Waals surface area contributed by atoms with E-state index in [0.717, 1.165) is 23.1 Å². The minimum atomic E-state index is -0.515. The summed E-state index contributed by atoms with van der Waals surface area (Å²) in [4.78, 5) is 27.0. The number of aromatic nitrogens is 5. The number of benzene rings is 2. The Morgan fingerprint density at radius 2 is 1.91 bits per heavy atom. The Morgan fingerprint density at radius 3 is 2.68 bits per heavy atom. The monoisotopic (exact) mass is 453 g/mol. The normalized spacial score (nSPS) is 12.2. The molecule has 0 radical (unpaired) electrons. The number of nitrogens with one attached hydrogen (secondary N) is 1. The highest BCUT2D eigenvalue weighted by Gasteiger charge is 2.23. The fourth-order valence-corrected chi connectivity index (χ4v) is 4.33. The molecule has 0 spiro atoms. The SMILES string of the molecule is CCc1cccc2cc([C@H](C)NC(=O)c3c(N)nn4cnncc34)n(-c3ccccc3)c(=O)c12. The highest BCUT2D eigenvalue weighted by atomic mass is 16.2. The molecule has 34 heavy (non-hydrogen) atoms. The molecule has 9 heteroatoms. The number of hydrogen-bond donors (Lipinski definition) is 2. The molecule has 0 aliphatic carbocycles. The zero-order chi connectivity index (χ0) is 23.8.